The van der Waals surface area contributed by atoms with E-state index in [1.807, 2.05) is 20.8 Å². The van der Waals surface area contributed by atoms with Gasteiger partial charge < -0.3 is 9.84 Å². The Bertz CT molecular complexity index is 454. The van der Waals surface area contributed by atoms with Gasteiger partial charge in [-0.05, 0) is 27.2 Å². The lowest BCUT2D eigenvalue weighted by atomic mass is 10.2. The van der Waals surface area contributed by atoms with Crippen LogP contribution in [0.25, 0.3) is 0 Å². The highest BCUT2D eigenvalue weighted by molar-refractivity contribution is 7.99. The molecule has 1 heterocycles. The first-order valence-electron chi connectivity index (χ1n) is 5.70. The molecule has 0 radical (unpaired) electrons. The van der Waals surface area contributed by atoms with Crippen LogP contribution in [0, 0.1) is 0 Å². The third kappa shape index (κ3) is 6.02. The molecule has 0 unspecified atom stereocenters. The number of nitrogens with zero attached hydrogens (tertiary/aromatic N) is 2. The number of aromatic nitrogens is 2. The molecule has 19 heavy (non-hydrogen) atoms. The van der Waals surface area contributed by atoms with Crippen LogP contribution in [-0.4, -0.2) is 37.1 Å². The number of hydrogen-bond donors (Lipinski definition) is 1. The molecule has 0 atom stereocenters. The van der Waals surface area contributed by atoms with Crippen LogP contribution in [0.1, 0.15) is 44.1 Å². The van der Waals surface area contributed by atoms with Gasteiger partial charge in [-0.1, -0.05) is 0 Å². The molecule has 6 nitrogen and oxygen atoms in total. The molecule has 0 bridgehead atoms. The first-order valence-corrected chi connectivity index (χ1v) is 7.41. The zero-order valence-electron chi connectivity index (χ0n) is 11.0. The van der Waals surface area contributed by atoms with Crippen LogP contribution in [0.4, 0.5) is 0 Å². The van der Waals surface area contributed by atoms with E-state index in [1.165, 1.54) is 11.8 Å². The van der Waals surface area contributed by atoms with E-state index in [4.69, 9.17) is 9.84 Å². The minimum absolute atomic E-state index is 0.0210. The molecule has 0 amide bonds. The average molecular weight is 304 g/mol. The zero-order valence-corrected chi connectivity index (χ0v) is 12.6. The van der Waals surface area contributed by atoms with E-state index in [9.17, 15) is 9.59 Å². The second-order valence-corrected chi connectivity index (χ2v) is 6.37. The highest BCUT2D eigenvalue weighted by Crippen LogP contribution is 2.22. The lowest BCUT2D eigenvalue weighted by molar-refractivity contribution is -0.154. The maximum Gasteiger partial charge on any atom is 0.358 e. The Morgan fingerprint density at radius 1 is 1.37 bits per heavy atom. The summed E-state index contributed by atoms with van der Waals surface area (Å²) in [6.07, 6.45) is 0.917. The molecule has 0 saturated heterocycles. The summed E-state index contributed by atoms with van der Waals surface area (Å²) < 4.78 is 12.8. The summed E-state index contributed by atoms with van der Waals surface area (Å²) in [7, 11) is 0. The number of carbonyl (C=O) groups excluding carboxylic acids is 1. The molecule has 0 fully saturated rings. The maximum atomic E-state index is 11.4. The highest BCUT2D eigenvalue weighted by Gasteiger charge is 2.17. The van der Waals surface area contributed by atoms with E-state index in [0.29, 0.717) is 23.6 Å². The van der Waals surface area contributed by atoms with Crippen molar-refractivity contribution in [2.45, 2.75) is 44.2 Å². The minimum atomic E-state index is -1.08. The number of aromatic carboxylic acids is 1. The van der Waals surface area contributed by atoms with E-state index >= 15 is 0 Å². The van der Waals surface area contributed by atoms with Gasteiger partial charge in [0.1, 0.15) is 10.6 Å². The van der Waals surface area contributed by atoms with Crippen LogP contribution < -0.4 is 0 Å². The summed E-state index contributed by atoms with van der Waals surface area (Å²) in [5, 5.41) is 9.25. The second-order valence-electron chi connectivity index (χ2n) is 4.76. The van der Waals surface area contributed by atoms with Crippen molar-refractivity contribution in [2.24, 2.45) is 0 Å². The quantitative estimate of drug-likeness (QED) is 0.490. The fourth-order valence-corrected chi connectivity index (χ4v) is 2.75. The first kappa shape index (κ1) is 15.9. The van der Waals surface area contributed by atoms with Crippen LogP contribution >= 0.6 is 23.5 Å². The van der Waals surface area contributed by atoms with E-state index in [2.05, 4.69) is 8.75 Å². The molecule has 1 rings (SSSR count). The SMILES string of the molecule is CC(C)(C)OC(=O)CCCSc1nsnc1C(=O)O. The monoisotopic (exact) mass is 304 g/mol. The molecule has 106 valence electrons. The lowest BCUT2D eigenvalue weighted by Gasteiger charge is -2.19. The topological polar surface area (TPSA) is 89.4 Å². The minimum Gasteiger partial charge on any atom is -0.476 e. The van der Waals surface area contributed by atoms with Gasteiger partial charge in [-0.25, -0.2) is 4.79 Å². The standard InChI is InChI=1S/C11H16N2O4S2/c1-11(2,3)17-7(14)5-4-6-18-9-8(10(15)16)12-19-13-9/h4-6H2,1-3H3,(H,15,16). The smallest absolute Gasteiger partial charge is 0.358 e. The van der Waals surface area contributed by atoms with Crippen molar-refractivity contribution >= 4 is 35.4 Å². The van der Waals surface area contributed by atoms with Crippen molar-refractivity contribution in [3.63, 3.8) is 0 Å². The Morgan fingerprint density at radius 3 is 2.63 bits per heavy atom. The molecule has 0 aliphatic carbocycles. The maximum absolute atomic E-state index is 11.4. The molecule has 0 aliphatic rings. The summed E-state index contributed by atoms with van der Waals surface area (Å²) in [5.41, 5.74) is -0.494. The van der Waals surface area contributed by atoms with Gasteiger partial charge in [0.15, 0.2) is 5.69 Å². The Kier molecular flexibility index (Phi) is 5.74. The molecule has 0 saturated carbocycles. The van der Waals surface area contributed by atoms with Gasteiger partial charge in [-0.2, -0.15) is 8.75 Å². The van der Waals surface area contributed by atoms with Crippen LogP contribution in [0.3, 0.4) is 0 Å². The Morgan fingerprint density at radius 2 is 2.05 bits per heavy atom. The number of ether oxygens (including phenoxy) is 1. The number of hydrogen-bond acceptors (Lipinski definition) is 7. The van der Waals surface area contributed by atoms with Gasteiger partial charge in [-0.15, -0.1) is 11.8 Å². The predicted molar refractivity (Wildman–Crippen MR) is 72.7 cm³/mol. The van der Waals surface area contributed by atoms with E-state index in [-0.39, 0.29) is 11.7 Å². The van der Waals surface area contributed by atoms with Crippen molar-refractivity contribution in [2.75, 3.05) is 5.75 Å². The Hall–Kier alpha value is -1.15. The molecule has 1 aromatic rings. The van der Waals surface area contributed by atoms with Crippen LogP contribution in [-0.2, 0) is 9.53 Å². The number of esters is 1. The van der Waals surface area contributed by atoms with Crippen LogP contribution in [0.15, 0.2) is 5.03 Å². The third-order valence-electron chi connectivity index (χ3n) is 1.85. The van der Waals surface area contributed by atoms with Crippen LogP contribution in [0.2, 0.25) is 0 Å². The van der Waals surface area contributed by atoms with Crippen molar-refractivity contribution < 1.29 is 19.4 Å². The van der Waals surface area contributed by atoms with E-state index in [0.717, 1.165) is 11.7 Å². The highest BCUT2D eigenvalue weighted by atomic mass is 32.2. The first-order chi connectivity index (χ1) is 8.79. The van der Waals surface area contributed by atoms with Crippen molar-refractivity contribution in [1.82, 2.24) is 8.75 Å². The second kappa shape index (κ2) is 6.85. The molecule has 1 aromatic heterocycles. The fraction of sp³-hybridized carbons (Fsp3) is 0.636. The average Bonchev–Trinajstić information content (AvgIpc) is 2.70. The molecular weight excluding hydrogens is 288 g/mol. The summed E-state index contributed by atoms with van der Waals surface area (Å²) >= 11 is 2.16. The van der Waals surface area contributed by atoms with Gasteiger partial charge in [0.2, 0.25) is 0 Å². The largest absolute Gasteiger partial charge is 0.476 e. The summed E-state index contributed by atoms with van der Waals surface area (Å²) in [6.45, 7) is 5.46. The molecule has 8 heteroatoms. The zero-order chi connectivity index (χ0) is 14.5. The molecule has 0 aromatic carbocycles. The van der Waals surface area contributed by atoms with Gasteiger partial charge in [0.05, 0.1) is 11.7 Å². The van der Waals surface area contributed by atoms with Gasteiger partial charge in [-0.3, -0.25) is 4.79 Å². The number of thioether (sulfide) groups is 1. The lowest BCUT2D eigenvalue weighted by Crippen LogP contribution is -2.23. The van der Waals surface area contributed by atoms with Gasteiger partial charge >= 0.3 is 11.9 Å². The van der Waals surface area contributed by atoms with Gasteiger partial charge in [0, 0.05) is 12.2 Å². The van der Waals surface area contributed by atoms with Crippen LogP contribution in [0.5, 0.6) is 0 Å². The predicted octanol–water partition coefficient (Wildman–Crippen LogP) is 2.45. The van der Waals surface area contributed by atoms with E-state index in [1.54, 1.807) is 0 Å². The molecule has 1 N–H and O–H groups in total. The Labute approximate surface area is 119 Å². The van der Waals surface area contributed by atoms with E-state index < -0.39 is 11.6 Å². The third-order valence-corrected chi connectivity index (χ3v) is 3.54. The molecule has 0 spiro atoms. The normalized spacial score (nSPS) is 11.3. The van der Waals surface area contributed by atoms with Crippen molar-refractivity contribution in [3.8, 4) is 0 Å². The summed E-state index contributed by atoms with van der Waals surface area (Å²) in [4.78, 5) is 22.2. The number of carboxylic acid groups (broad SMARTS) is 1. The molecular formula is C11H16N2O4S2. The fourth-order valence-electron chi connectivity index (χ4n) is 1.18. The van der Waals surface area contributed by atoms with Crippen molar-refractivity contribution in [3.05, 3.63) is 5.69 Å². The summed E-state index contributed by atoms with van der Waals surface area (Å²) in [6, 6.07) is 0. The van der Waals surface area contributed by atoms with Gasteiger partial charge in [0.25, 0.3) is 0 Å². The number of carbonyl (C=O) groups is 2. The number of rotatable bonds is 6. The molecule has 0 aliphatic heterocycles. The summed E-state index contributed by atoms with van der Waals surface area (Å²) in [5.74, 6) is -0.725. The Balaban J connectivity index is 2.30. The van der Waals surface area contributed by atoms with Crippen molar-refractivity contribution in [1.29, 1.82) is 0 Å². The number of carboxylic acids is 1.